The molecule has 0 aliphatic rings. The van der Waals surface area contributed by atoms with E-state index in [0.717, 1.165) is 0 Å². The fraction of sp³-hybridized carbons (Fsp3) is 0.690. The van der Waals surface area contributed by atoms with Crippen LogP contribution in [0.3, 0.4) is 0 Å². The summed E-state index contributed by atoms with van der Waals surface area (Å²) in [5.41, 5.74) is 10.6. The van der Waals surface area contributed by atoms with E-state index in [-0.39, 0.29) is 12.3 Å². The second-order valence-corrected chi connectivity index (χ2v) is 12.2. The van der Waals surface area contributed by atoms with Crippen LogP contribution in [0.5, 0.6) is 0 Å². The van der Waals surface area contributed by atoms with Gasteiger partial charge in [-0.05, 0) is 31.6 Å². The van der Waals surface area contributed by atoms with Crippen molar-refractivity contribution in [2.45, 2.75) is 103 Å². The third-order valence-corrected chi connectivity index (χ3v) is 6.99. The molecule has 0 rings (SSSR count). The van der Waals surface area contributed by atoms with Gasteiger partial charge in [0.15, 0.2) is 0 Å². The predicted octanol–water partition coefficient (Wildman–Crippen LogP) is -5.25. The van der Waals surface area contributed by atoms with Crippen LogP contribution in [0.4, 0.5) is 0 Å². The zero-order chi connectivity index (χ0) is 38.9. The number of aliphatic hydroxyl groups is 2. The van der Waals surface area contributed by atoms with Gasteiger partial charge in [0.05, 0.1) is 19.6 Å². The van der Waals surface area contributed by atoms with Gasteiger partial charge in [-0.2, -0.15) is 0 Å². The van der Waals surface area contributed by atoms with Gasteiger partial charge in [-0.3, -0.25) is 38.4 Å². The summed E-state index contributed by atoms with van der Waals surface area (Å²) in [4.78, 5) is 112. The Labute approximate surface area is 288 Å². The highest BCUT2D eigenvalue weighted by molar-refractivity contribution is 5.98. The van der Waals surface area contributed by atoms with E-state index in [9.17, 15) is 58.5 Å². The van der Waals surface area contributed by atoms with Gasteiger partial charge in [-0.1, -0.05) is 27.7 Å². The standard InChI is InChI=1S/C29H50N8O13/c1-12(2)8-18(29(49)50)35-27(47)19(11-39)36-28(48)22(13(3)4)37-26(46)17(9-21(41)42)34-25(45)16(6-7-20(31)40)33-23(43)14(5)32-24(44)15(30)10-38/h12-19,22,38-39H,6-11,30H2,1-5H3,(H2,31,40)(H,32,44)(H,33,43)(H,34,45)(H,35,47)(H,36,48)(H,37,46)(H,41,42)(H,49,50)/t14-,15-,16-,17-,18-,19-,22-/m0/s1. The van der Waals surface area contributed by atoms with Crippen molar-refractivity contribution in [2.24, 2.45) is 23.3 Å². The number of carboxylic acid groups (broad SMARTS) is 2. The number of hydrogen-bond acceptors (Lipinski definition) is 12. The summed E-state index contributed by atoms with van der Waals surface area (Å²) >= 11 is 0. The molecular formula is C29H50N8O13. The summed E-state index contributed by atoms with van der Waals surface area (Å²) < 4.78 is 0. The number of aliphatic hydroxyl groups excluding tert-OH is 2. The maximum absolute atomic E-state index is 13.3. The minimum absolute atomic E-state index is 0.0521. The number of carbonyl (C=O) groups excluding carboxylic acids is 7. The van der Waals surface area contributed by atoms with E-state index in [1.54, 1.807) is 13.8 Å². The lowest BCUT2D eigenvalue weighted by molar-refractivity contribution is -0.143. The summed E-state index contributed by atoms with van der Waals surface area (Å²) in [7, 11) is 0. The highest BCUT2D eigenvalue weighted by Crippen LogP contribution is 2.08. The van der Waals surface area contributed by atoms with Crippen molar-refractivity contribution in [2.75, 3.05) is 13.2 Å². The molecule has 0 aromatic carbocycles. The van der Waals surface area contributed by atoms with Crippen molar-refractivity contribution in [3.63, 3.8) is 0 Å². The first-order chi connectivity index (χ1) is 23.1. The molecule has 0 radical (unpaired) electrons. The van der Waals surface area contributed by atoms with Crippen molar-refractivity contribution in [1.82, 2.24) is 31.9 Å². The van der Waals surface area contributed by atoms with Crippen LogP contribution in [0.2, 0.25) is 0 Å². The van der Waals surface area contributed by atoms with Crippen molar-refractivity contribution in [3.8, 4) is 0 Å². The van der Waals surface area contributed by atoms with Crippen molar-refractivity contribution in [1.29, 1.82) is 0 Å². The zero-order valence-electron chi connectivity index (χ0n) is 28.6. The molecule has 50 heavy (non-hydrogen) atoms. The van der Waals surface area contributed by atoms with E-state index in [1.807, 2.05) is 0 Å². The molecule has 21 nitrogen and oxygen atoms in total. The fourth-order valence-corrected chi connectivity index (χ4v) is 4.19. The number of primary amides is 1. The molecule has 0 aliphatic carbocycles. The number of carboxylic acids is 2. The Morgan fingerprint density at radius 2 is 1.10 bits per heavy atom. The van der Waals surface area contributed by atoms with Gasteiger partial charge in [0.2, 0.25) is 41.4 Å². The Hall–Kier alpha value is -4.89. The topological polar surface area (TPSA) is 359 Å². The average Bonchev–Trinajstić information content (AvgIpc) is 3.01. The number of nitrogens with one attached hydrogen (secondary N) is 6. The first-order valence-electron chi connectivity index (χ1n) is 15.7. The van der Waals surface area contributed by atoms with E-state index in [0.29, 0.717) is 0 Å². The van der Waals surface area contributed by atoms with Gasteiger partial charge in [0.25, 0.3) is 0 Å². The van der Waals surface area contributed by atoms with E-state index in [1.165, 1.54) is 20.8 Å². The SMILES string of the molecule is CC(C)C[C@H](NC(=O)[C@H](CO)NC(=O)[C@@H](NC(=O)[C@H](CC(=O)O)NC(=O)[C@H](CCC(N)=O)NC(=O)[C@H](C)NC(=O)[C@@H](N)CO)C(C)C)C(=O)O. The molecule has 0 aromatic heterocycles. The molecule has 0 aromatic rings. The van der Waals surface area contributed by atoms with Gasteiger partial charge in [0.1, 0.15) is 42.3 Å². The molecule has 7 amide bonds. The first kappa shape index (κ1) is 45.1. The highest BCUT2D eigenvalue weighted by atomic mass is 16.4. The number of aliphatic carboxylic acids is 2. The normalized spacial score (nSPS) is 15.2. The van der Waals surface area contributed by atoms with Crippen LogP contribution in [0, 0.1) is 11.8 Å². The highest BCUT2D eigenvalue weighted by Gasteiger charge is 2.35. The molecular weight excluding hydrogens is 668 g/mol. The Kier molecular flexibility index (Phi) is 19.8. The number of carbonyl (C=O) groups is 9. The first-order valence-corrected chi connectivity index (χ1v) is 15.7. The van der Waals surface area contributed by atoms with Crippen LogP contribution in [0.15, 0.2) is 0 Å². The number of rotatable bonds is 23. The van der Waals surface area contributed by atoms with Gasteiger partial charge >= 0.3 is 11.9 Å². The summed E-state index contributed by atoms with van der Waals surface area (Å²) in [6.07, 6.45) is -1.81. The van der Waals surface area contributed by atoms with E-state index in [4.69, 9.17) is 16.6 Å². The van der Waals surface area contributed by atoms with Gasteiger partial charge in [-0.25, -0.2) is 4.79 Å². The molecule has 7 atom stereocenters. The van der Waals surface area contributed by atoms with Gasteiger partial charge in [-0.15, -0.1) is 0 Å². The largest absolute Gasteiger partial charge is 0.481 e. The minimum atomic E-state index is -1.86. The van der Waals surface area contributed by atoms with Crippen LogP contribution in [-0.4, -0.2) is 129 Å². The molecule has 0 saturated carbocycles. The van der Waals surface area contributed by atoms with E-state index < -0.39 is 134 Å². The average molecular weight is 719 g/mol. The number of hydrogen-bond donors (Lipinski definition) is 12. The molecule has 14 N–H and O–H groups in total. The summed E-state index contributed by atoms with van der Waals surface area (Å²) in [5.74, 6) is -10.8. The Morgan fingerprint density at radius 1 is 0.600 bits per heavy atom. The zero-order valence-corrected chi connectivity index (χ0v) is 28.6. The molecule has 0 spiro atoms. The molecule has 0 heterocycles. The quantitative estimate of drug-likeness (QED) is 0.0470. The lowest BCUT2D eigenvalue weighted by Gasteiger charge is -2.28. The molecule has 0 unspecified atom stereocenters. The van der Waals surface area contributed by atoms with Crippen LogP contribution < -0.4 is 43.4 Å². The molecule has 21 heteroatoms. The van der Waals surface area contributed by atoms with E-state index >= 15 is 0 Å². The van der Waals surface area contributed by atoms with Crippen molar-refractivity contribution in [3.05, 3.63) is 0 Å². The van der Waals surface area contributed by atoms with Crippen LogP contribution >= 0.6 is 0 Å². The maximum Gasteiger partial charge on any atom is 0.326 e. The van der Waals surface area contributed by atoms with Crippen LogP contribution in [0.25, 0.3) is 0 Å². The van der Waals surface area contributed by atoms with Gasteiger partial charge in [0, 0.05) is 6.42 Å². The molecule has 0 saturated heterocycles. The molecule has 0 fully saturated rings. The summed E-state index contributed by atoms with van der Waals surface area (Å²) in [5, 5.41) is 51.0. The number of nitrogens with two attached hydrogens (primary N) is 2. The smallest absolute Gasteiger partial charge is 0.326 e. The second kappa shape index (κ2) is 22.0. The third kappa shape index (κ3) is 16.5. The molecule has 0 bridgehead atoms. The minimum Gasteiger partial charge on any atom is -0.481 e. The maximum atomic E-state index is 13.3. The second-order valence-electron chi connectivity index (χ2n) is 12.2. The number of amides is 7. The van der Waals surface area contributed by atoms with Gasteiger partial charge < -0.3 is 63.8 Å². The summed E-state index contributed by atoms with van der Waals surface area (Å²) in [6, 6.07) is -10.5. The Morgan fingerprint density at radius 3 is 1.56 bits per heavy atom. The predicted molar refractivity (Wildman–Crippen MR) is 172 cm³/mol. The van der Waals surface area contributed by atoms with Crippen molar-refractivity contribution < 1.29 is 63.6 Å². The van der Waals surface area contributed by atoms with Crippen LogP contribution in [0.1, 0.15) is 60.3 Å². The monoisotopic (exact) mass is 718 g/mol. The lowest BCUT2D eigenvalue weighted by atomic mass is 10.0. The van der Waals surface area contributed by atoms with Crippen LogP contribution in [-0.2, 0) is 43.2 Å². The molecule has 284 valence electrons. The molecule has 0 aliphatic heterocycles. The summed E-state index contributed by atoms with van der Waals surface area (Å²) in [6.45, 7) is 5.96. The van der Waals surface area contributed by atoms with E-state index in [2.05, 4.69) is 31.9 Å². The lowest BCUT2D eigenvalue weighted by Crippen LogP contribution is -2.61. The Balaban J connectivity index is 5.98. The van der Waals surface area contributed by atoms with Crippen molar-refractivity contribution >= 4 is 53.3 Å². The Bertz CT molecular complexity index is 1250. The fourth-order valence-electron chi connectivity index (χ4n) is 4.19. The third-order valence-electron chi connectivity index (χ3n) is 6.99.